The van der Waals surface area contributed by atoms with Crippen molar-refractivity contribution in [3.05, 3.63) is 29.3 Å². The normalized spacial score (nSPS) is 12.1. The van der Waals surface area contributed by atoms with Gasteiger partial charge in [0.05, 0.1) is 5.56 Å². The second-order valence-electron chi connectivity index (χ2n) is 5.27. The molecule has 2 nitrogen and oxygen atoms in total. The van der Waals surface area contributed by atoms with Crippen LogP contribution in [0.2, 0.25) is 0 Å². The molecule has 0 fully saturated rings. The third-order valence-electron chi connectivity index (χ3n) is 2.83. The number of alkyl halides is 3. The number of aliphatic hydroxyl groups excluding tert-OH is 1. The predicted octanol–water partition coefficient (Wildman–Crippen LogP) is 3.93. The van der Waals surface area contributed by atoms with Crippen LogP contribution < -0.4 is 5.32 Å². The first-order chi connectivity index (χ1) is 9.84. The lowest BCUT2D eigenvalue weighted by Gasteiger charge is -2.15. The van der Waals surface area contributed by atoms with Gasteiger partial charge in [0.15, 0.2) is 0 Å². The Morgan fingerprint density at radius 1 is 1.29 bits per heavy atom. The van der Waals surface area contributed by atoms with Crippen LogP contribution in [-0.2, 0) is 12.7 Å². The number of hydrogen-bond acceptors (Lipinski definition) is 3. The number of benzene rings is 1. The highest BCUT2D eigenvalue weighted by Crippen LogP contribution is 2.35. The molecule has 0 bridgehead atoms. The van der Waals surface area contributed by atoms with Gasteiger partial charge in [-0.05, 0) is 36.6 Å². The molecule has 0 radical (unpaired) electrons. The molecule has 1 rings (SSSR count). The molecule has 0 aromatic heterocycles. The minimum Gasteiger partial charge on any atom is -0.396 e. The summed E-state index contributed by atoms with van der Waals surface area (Å²) >= 11 is 1.33. The van der Waals surface area contributed by atoms with Crippen molar-refractivity contribution >= 4 is 11.8 Å². The summed E-state index contributed by atoms with van der Waals surface area (Å²) in [5.74, 6) is 1.01. The maximum atomic E-state index is 13.1. The first kappa shape index (κ1) is 18.3. The standard InChI is InChI=1S/C15H22F3NOS/c1-11(2)9-19-10-12-4-5-13(21-7-3-6-20)8-14(12)15(16,17)18/h4-5,8,11,19-20H,3,6-7,9-10H2,1-2H3. The second kappa shape index (κ2) is 8.66. The summed E-state index contributed by atoms with van der Waals surface area (Å²) in [5.41, 5.74) is -0.303. The van der Waals surface area contributed by atoms with Crippen molar-refractivity contribution < 1.29 is 18.3 Å². The zero-order chi connectivity index (χ0) is 15.9. The fourth-order valence-corrected chi connectivity index (χ4v) is 2.69. The smallest absolute Gasteiger partial charge is 0.396 e. The van der Waals surface area contributed by atoms with E-state index in [1.165, 1.54) is 23.9 Å². The van der Waals surface area contributed by atoms with Crippen LogP contribution in [0.3, 0.4) is 0 Å². The SMILES string of the molecule is CC(C)CNCc1ccc(SCCCO)cc1C(F)(F)F. The molecule has 21 heavy (non-hydrogen) atoms. The fourth-order valence-electron chi connectivity index (χ4n) is 1.81. The number of nitrogens with one attached hydrogen (secondary N) is 1. The Kier molecular flexibility index (Phi) is 7.56. The molecule has 1 aromatic rings. The third-order valence-corrected chi connectivity index (χ3v) is 3.91. The Labute approximate surface area is 128 Å². The van der Waals surface area contributed by atoms with Gasteiger partial charge in [0.25, 0.3) is 0 Å². The molecule has 0 aliphatic heterocycles. The molecule has 0 saturated heterocycles. The van der Waals surface area contributed by atoms with Crippen LogP contribution in [0.25, 0.3) is 0 Å². The van der Waals surface area contributed by atoms with Crippen LogP contribution in [0.15, 0.2) is 23.1 Å². The van der Waals surface area contributed by atoms with Gasteiger partial charge in [0, 0.05) is 23.8 Å². The first-order valence-corrected chi connectivity index (χ1v) is 7.97. The van der Waals surface area contributed by atoms with E-state index >= 15 is 0 Å². The maximum absolute atomic E-state index is 13.1. The van der Waals surface area contributed by atoms with Crippen LogP contribution in [0.1, 0.15) is 31.4 Å². The van der Waals surface area contributed by atoms with Crippen LogP contribution in [0, 0.1) is 5.92 Å². The minimum absolute atomic E-state index is 0.0519. The first-order valence-electron chi connectivity index (χ1n) is 6.99. The van der Waals surface area contributed by atoms with Crippen molar-refractivity contribution in [1.82, 2.24) is 5.32 Å². The van der Waals surface area contributed by atoms with Crippen molar-refractivity contribution in [3.63, 3.8) is 0 Å². The minimum atomic E-state index is -4.34. The Morgan fingerprint density at radius 3 is 2.57 bits per heavy atom. The average molecular weight is 321 g/mol. The van der Waals surface area contributed by atoms with Gasteiger partial charge < -0.3 is 10.4 Å². The van der Waals surface area contributed by atoms with Gasteiger partial charge in [0.1, 0.15) is 0 Å². The lowest BCUT2D eigenvalue weighted by atomic mass is 10.1. The molecule has 0 amide bonds. The molecule has 0 heterocycles. The van der Waals surface area contributed by atoms with Crippen molar-refractivity contribution in [2.24, 2.45) is 5.92 Å². The number of hydrogen-bond donors (Lipinski definition) is 2. The van der Waals surface area contributed by atoms with Gasteiger partial charge in [-0.25, -0.2) is 0 Å². The van der Waals surface area contributed by atoms with Gasteiger partial charge in [0.2, 0.25) is 0 Å². The van der Waals surface area contributed by atoms with Crippen molar-refractivity contribution in [1.29, 1.82) is 0 Å². The molecule has 0 spiro atoms. The largest absolute Gasteiger partial charge is 0.416 e. The van der Waals surface area contributed by atoms with E-state index in [1.807, 2.05) is 13.8 Å². The highest BCUT2D eigenvalue weighted by molar-refractivity contribution is 7.99. The van der Waals surface area contributed by atoms with Gasteiger partial charge >= 0.3 is 6.18 Å². The zero-order valence-electron chi connectivity index (χ0n) is 12.3. The van der Waals surface area contributed by atoms with Crippen LogP contribution >= 0.6 is 11.8 Å². The number of halogens is 3. The predicted molar refractivity (Wildman–Crippen MR) is 80.4 cm³/mol. The second-order valence-corrected chi connectivity index (χ2v) is 6.44. The quantitative estimate of drug-likeness (QED) is 0.562. The van der Waals surface area contributed by atoms with E-state index in [2.05, 4.69) is 5.32 Å². The zero-order valence-corrected chi connectivity index (χ0v) is 13.2. The van der Waals surface area contributed by atoms with E-state index in [-0.39, 0.29) is 18.7 Å². The van der Waals surface area contributed by atoms with E-state index in [4.69, 9.17) is 5.11 Å². The lowest BCUT2D eigenvalue weighted by Crippen LogP contribution is -2.21. The summed E-state index contributed by atoms with van der Waals surface area (Å²) in [6.45, 7) is 4.98. The van der Waals surface area contributed by atoms with Gasteiger partial charge in [-0.1, -0.05) is 19.9 Å². The number of aliphatic hydroxyl groups is 1. The highest BCUT2D eigenvalue weighted by Gasteiger charge is 2.33. The van der Waals surface area contributed by atoms with Crippen molar-refractivity contribution in [3.8, 4) is 0 Å². The molecule has 0 atom stereocenters. The Morgan fingerprint density at radius 2 is 2.00 bits per heavy atom. The van der Waals surface area contributed by atoms with E-state index in [0.29, 0.717) is 29.5 Å². The van der Waals surface area contributed by atoms with Gasteiger partial charge in [-0.2, -0.15) is 13.2 Å². The summed E-state index contributed by atoms with van der Waals surface area (Å²) in [4.78, 5) is 0.586. The summed E-state index contributed by atoms with van der Waals surface area (Å²) in [6, 6.07) is 4.45. The summed E-state index contributed by atoms with van der Waals surface area (Å²) in [7, 11) is 0. The maximum Gasteiger partial charge on any atom is 0.416 e. The van der Waals surface area contributed by atoms with Crippen molar-refractivity contribution in [2.45, 2.75) is 37.9 Å². The molecule has 0 unspecified atom stereocenters. The lowest BCUT2D eigenvalue weighted by molar-refractivity contribution is -0.138. The van der Waals surface area contributed by atoms with Crippen LogP contribution in [-0.4, -0.2) is 24.0 Å². The molecule has 1 aromatic carbocycles. The fraction of sp³-hybridized carbons (Fsp3) is 0.600. The Hall–Kier alpha value is -0.720. The Balaban J connectivity index is 2.82. The summed E-state index contributed by atoms with van der Waals surface area (Å²) in [6.07, 6.45) is -3.77. The van der Waals surface area contributed by atoms with Crippen LogP contribution in [0.4, 0.5) is 13.2 Å². The molecule has 0 saturated carbocycles. The molecule has 2 N–H and O–H groups in total. The molecule has 0 aliphatic rings. The van der Waals surface area contributed by atoms with Gasteiger partial charge in [-0.3, -0.25) is 0 Å². The van der Waals surface area contributed by atoms with E-state index in [0.717, 1.165) is 0 Å². The molecule has 120 valence electrons. The molecular formula is C15H22F3NOS. The Bertz CT molecular complexity index is 435. The molecular weight excluding hydrogens is 299 g/mol. The molecule has 0 aliphatic carbocycles. The third kappa shape index (κ3) is 6.72. The van der Waals surface area contributed by atoms with Crippen molar-refractivity contribution in [2.75, 3.05) is 18.9 Å². The highest BCUT2D eigenvalue weighted by atomic mass is 32.2. The monoisotopic (exact) mass is 321 g/mol. The number of thioether (sulfide) groups is 1. The van der Waals surface area contributed by atoms with Crippen LogP contribution in [0.5, 0.6) is 0 Å². The van der Waals surface area contributed by atoms with E-state index in [9.17, 15) is 13.2 Å². The summed E-state index contributed by atoms with van der Waals surface area (Å²) < 4.78 is 39.4. The molecule has 6 heteroatoms. The van der Waals surface area contributed by atoms with Gasteiger partial charge in [-0.15, -0.1) is 11.8 Å². The summed E-state index contributed by atoms with van der Waals surface area (Å²) in [5, 5.41) is 11.8. The van der Waals surface area contributed by atoms with E-state index in [1.54, 1.807) is 6.07 Å². The van der Waals surface area contributed by atoms with E-state index < -0.39 is 11.7 Å². The average Bonchev–Trinajstić information content (AvgIpc) is 2.38. The topological polar surface area (TPSA) is 32.3 Å². The number of rotatable bonds is 8.